The highest BCUT2D eigenvalue weighted by Crippen LogP contribution is 2.32. The summed E-state index contributed by atoms with van der Waals surface area (Å²) in [6.45, 7) is 3.13. The van der Waals surface area contributed by atoms with Gasteiger partial charge in [0, 0.05) is 0 Å². The maximum atomic E-state index is 11.0. The first-order chi connectivity index (χ1) is 7.74. The minimum Gasteiger partial charge on any atom is -0.481 e. The van der Waals surface area contributed by atoms with Crippen LogP contribution in [-0.4, -0.2) is 16.2 Å². The highest BCUT2D eigenvalue weighted by Gasteiger charge is 2.30. The zero-order chi connectivity index (χ0) is 13.2. The van der Waals surface area contributed by atoms with E-state index in [-0.39, 0.29) is 6.42 Å². The SMILES string of the molecule is CC(C)(CC(O)c1ccc(Cl)c(Cl)c1)C(=O)O. The fourth-order valence-electron chi connectivity index (χ4n) is 1.41. The number of benzene rings is 1. The third-order valence-electron chi connectivity index (χ3n) is 2.61. The highest BCUT2D eigenvalue weighted by atomic mass is 35.5. The minimum absolute atomic E-state index is 0.111. The number of aliphatic hydroxyl groups excluding tert-OH is 1. The molecule has 1 unspecified atom stereocenters. The van der Waals surface area contributed by atoms with Crippen molar-refractivity contribution in [1.82, 2.24) is 0 Å². The molecule has 0 aromatic heterocycles. The average Bonchev–Trinajstić information content (AvgIpc) is 2.21. The molecule has 0 heterocycles. The molecule has 0 fully saturated rings. The lowest BCUT2D eigenvalue weighted by Crippen LogP contribution is -2.26. The van der Waals surface area contributed by atoms with E-state index in [9.17, 15) is 9.90 Å². The second kappa shape index (κ2) is 5.25. The number of hydrogen-bond donors (Lipinski definition) is 2. The van der Waals surface area contributed by atoms with E-state index < -0.39 is 17.5 Å². The molecule has 94 valence electrons. The second-order valence-electron chi connectivity index (χ2n) is 4.58. The Bertz CT molecular complexity index is 430. The van der Waals surface area contributed by atoms with Gasteiger partial charge in [-0.1, -0.05) is 29.3 Å². The smallest absolute Gasteiger partial charge is 0.309 e. The first-order valence-electron chi connectivity index (χ1n) is 5.10. The third-order valence-corrected chi connectivity index (χ3v) is 3.35. The van der Waals surface area contributed by atoms with Crippen molar-refractivity contribution in [3.05, 3.63) is 33.8 Å². The Morgan fingerprint density at radius 2 is 1.94 bits per heavy atom. The molecule has 3 nitrogen and oxygen atoms in total. The molecule has 0 saturated carbocycles. The fraction of sp³-hybridized carbons (Fsp3) is 0.417. The van der Waals surface area contributed by atoms with Crippen molar-refractivity contribution in [3.63, 3.8) is 0 Å². The summed E-state index contributed by atoms with van der Waals surface area (Å²) in [5.74, 6) is -0.948. The molecule has 0 aliphatic heterocycles. The summed E-state index contributed by atoms with van der Waals surface area (Å²) in [5.41, 5.74) is -0.431. The quantitative estimate of drug-likeness (QED) is 0.885. The Morgan fingerprint density at radius 3 is 2.41 bits per heavy atom. The van der Waals surface area contributed by atoms with Crippen molar-refractivity contribution in [2.75, 3.05) is 0 Å². The predicted molar refractivity (Wildman–Crippen MR) is 67.5 cm³/mol. The van der Waals surface area contributed by atoms with E-state index in [1.807, 2.05) is 0 Å². The van der Waals surface area contributed by atoms with Crippen molar-refractivity contribution in [1.29, 1.82) is 0 Å². The van der Waals surface area contributed by atoms with Crippen LogP contribution in [0.3, 0.4) is 0 Å². The van der Waals surface area contributed by atoms with Gasteiger partial charge in [0.15, 0.2) is 0 Å². The zero-order valence-electron chi connectivity index (χ0n) is 9.58. The lowest BCUT2D eigenvalue weighted by Gasteiger charge is -2.23. The summed E-state index contributed by atoms with van der Waals surface area (Å²) >= 11 is 11.6. The van der Waals surface area contributed by atoms with Gasteiger partial charge in [-0.15, -0.1) is 0 Å². The summed E-state index contributed by atoms with van der Waals surface area (Å²) in [6.07, 6.45) is -0.767. The van der Waals surface area contributed by atoms with E-state index in [1.54, 1.807) is 32.0 Å². The fourth-order valence-corrected chi connectivity index (χ4v) is 1.71. The summed E-state index contributed by atoms with van der Waals surface area (Å²) in [6, 6.07) is 4.76. The monoisotopic (exact) mass is 276 g/mol. The second-order valence-corrected chi connectivity index (χ2v) is 5.40. The van der Waals surface area contributed by atoms with E-state index in [2.05, 4.69) is 0 Å². The molecule has 5 heteroatoms. The lowest BCUT2D eigenvalue weighted by atomic mass is 9.85. The number of carboxylic acid groups (broad SMARTS) is 1. The molecule has 0 aliphatic carbocycles. The Hall–Kier alpha value is -0.770. The minimum atomic E-state index is -0.995. The van der Waals surface area contributed by atoms with Crippen LogP contribution in [0.4, 0.5) is 0 Å². The van der Waals surface area contributed by atoms with Gasteiger partial charge in [-0.05, 0) is 38.0 Å². The van der Waals surface area contributed by atoms with Crippen LogP contribution in [0, 0.1) is 5.41 Å². The van der Waals surface area contributed by atoms with E-state index in [1.165, 1.54) is 0 Å². The lowest BCUT2D eigenvalue weighted by molar-refractivity contribution is -0.148. The summed E-state index contributed by atoms with van der Waals surface area (Å²) < 4.78 is 0. The van der Waals surface area contributed by atoms with Crippen LogP contribution >= 0.6 is 23.2 Å². The topological polar surface area (TPSA) is 57.5 Å². The molecule has 2 N–H and O–H groups in total. The number of halogens is 2. The van der Waals surface area contributed by atoms with Crippen molar-refractivity contribution >= 4 is 29.2 Å². The van der Waals surface area contributed by atoms with E-state index in [4.69, 9.17) is 28.3 Å². The number of carboxylic acids is 1. The molecular weight excluding hydrogens is 263 g/mol. The molecule has 0 bridgehead atoms. The Kier molecular flexibility index (Phi) is 4.42. The average molecular weight is 277 g/mol. The first-order valence-corrected chi connectivity index (χ1v) is 5.86. The molecule has 0 radical (unpaired) electrons. The molecule has 1 aromatic carbocycles. The van der Waals surface area contributed by atoms with Crippen LogP contribution in [0.2, 0.25) is 10.0 Å². The van der Waals surface area contributed by atoms with Crippen molar-refractivity contribution < 1.29 is 15.0 Å². The number of rotatable bonds is 4. The van der Waals surface area contributed by atoms with Crippen molar-refractivity contribution in [2.45, 2.75) is 26.4 Å². The van der Waals surface area contributed by atoms with Gasteiger partial charge >= 0.3 is 5.97 Å². The molecule has 1 aromatic rings. The van der Waals surface area contributed by atoms with Crippen LogP contribution in [0.1, 0.15) is 31.9 Å². The molecule has 0 aliphatic rings. The molecule has 1 atom stereocenters. The van der Waals surface area contributed by atoms with Gasteiger partial charge < -0.3 is 10.2 Å². The van der Waals surface area contributed by atoms with Crippen molar-refractivity contribution in [3.8, 4) is 0 Å². The van der Waals surface area contributed by atoms with Gasteiger partial charge in [-0.3, -0.25) is 4.79 Å². The van der Waals surface area contributed by atoms with Crippen LogP contribution < -0.4 is 0 Å². The third kappa shape index (κ3) is 3.60. The normalized spacial score (nSPS) is 13.5. The van der Waals surface area contributed by atoms with Gasteiger partial charge in [0.05, 0.1) is 21.6 Å². The van der Waals surface area contributed by atoms with Gasteiger partial charge in [0.1, 0.15) is 0 Å². The van der Waals surface area contributed by atoms with Crippen LogP contribution in [0.25, 0.3) is 0 Å². The van der Waals surface area contributed by atoms with Gasteiger partial charge in [-0.25, -0.2) is 0 Å². The molecule has 0 spiro atoms. The summed E-state index contributed by atoms with van der Waals surface area (Å²) in [7, 11) is 0. The molecule has 1 rings (SSSR count). The van der Waals surface area contributed by atoms with Gasteiger partial charge in [-0.2, -0.15) is 0 Å². The molecule has 0 saturated heterocycles. The van der Waals surface area contributed by atoms with Gasteiger partial charge in [0.25, 0.3) is 0 Å². The number of aliphatic carboxylic acids is 1. The molecule has 17 heavy (non-hydrogen) atoms. The number of carbonyl (C=O) groups is 1. The summed E-state index contributed by atoms with van der Waals surface area (Å²) in [5, 5.41) is 19.7. The maximum Gasteiger partial charge on any atom is 0.309 e. The Morgan fingerprint density at radius 1 is 1.35 bits per heavy atom. The van der Waals surface area contributed by atoms with Crippen molar-refractivity contribution in [2.24, 2.45) is 5.41 Å². The number of aliphatic hydroxyl groups is 1. The Labute approximate surface area is 110 Å². The highest BCUT2D eigenvalue weighted by molar-refractivity contribution is 6.42. The molecular formula is C12H14Cl2O3. The van der Waals surface area contributed by atoms with Gasteiger partial charge in [0.2, 0.25) is 0 Å². The number of hydrogen-bond acceptors (Lipinski definition) is 2. The largest absolute Gasteiger partial charge is 0.481 e. The summed E-state index contributed by atoms with van der Waals surface area (Å²) in [4.78, 5) is 11.0. The van der Waals surface area contributed by atoms with Crippen LogP contribution in [0.5, 0.6) is 0 Å². The van der Waals surface area contributed by atoms with E-state index in [0.29, 0.717) is 15.6 Å². The standard InChI is InChI=1S/C12H14Cl2O3/c1-12(2,11(16)17)6-10(15)7-3-4-8(13)9(14)5-7/h3-5,10,15H,6H2,1-2H3,(H,16,17). The Balaban J connectivity index is 2.87. The van der Waals surface area contributed by atoms with E-state index >= 15 is 0 Å². The van der Waals surface area contributed by atoms with Crippen LogP contribution in [0.15, 0.2) is 18.2 Å². The van der Waals surface area contributed by atoms with Crippen LogP contribution in [-0.2, 0) is 4.79 Å². The zero-order valence-corrected chi connectivity index (χ0v) is 11.1. The molecule has 0 amide bonds. The predicted octanol–water partition coefficient (Wildman–Crippen LogP) is 3.53. The maximum absolute atomic E-state index is 11.0. The van der Waals surface area contributed by atoms with E-state index in [0.717, 1.165) is 0 Å². The first kappa shape index (κ1) is 14.3.